The first-order valence-corrected chi connectivity index (χ1v) is 10.0. The van der Waals surface area contributed by atoms with Crippen LogP contribution in [0.5, 0.6) is 0 Å². The Bertz CT molecular complexity index is 812. The lowest BCUT2D eigenvalue weighted by Gasteiger charge is -2.22. The van der Waals surface area contributed by atoms with Crippen molar-refractivity contribution in [3.63, 3.8) is 0 Å². The molecule has 1 fully saturated rings. The van der Waals surface area contributed by atoms with Gasteiger partial charge in [0.05, 0.1) is 4.90 Å². The summed E-state index contributed by atoms with van der Waals surface area (Å²) in [4.78, 5) is 14.2. The number of nitrogens with one attached hydrogen (secondary N) is 2. The van der Waals surface area contributed by atoms with Crippen LogP contribution in [0.1, 0.15) is 53.9 Å². The van der Waals surface area contributed by atoms with E-state index in [0.717, 1.165) is 12.8 Å². The zero-order valence-corrected chi connectivity index (χ0v) is 14.8. The minimum absolute atomic E-state index is 0.139. The van der Waals surface area contributed by atoms with Gasteiger partial charge in [0.1, 0.15) is 0 Å². The SMILES string of the molecule is O=C(NNS(=O)(=O)c1ccc(C2CCCCC2)cc1)c1ccccc1. The van der Waals surface area contributed by atoms with E-state index in [1.54, 1.807) is 42.5 Å². The highest BCUT2D eigenvalue weighted by molar-refractivity contribution is 7.89. The second kappa shape index (κ2) is 7.80. The lowest BCUT2D eigenvalue weighted by atomic mass is 9.84. The molecule has 2 N–H and O–H groups in total. The molecule has 132 valence electrons. The first-order valence-electron chi connectivity index (χ1n) is 8.53. The average molecular weight is 358 g/mol. The van der Waals surface area contributed by atoms with Crippen LogP contribution in [0, 0.1) is 0 Å². The van der Waals surface area contributed by atoms with Crippen molar-refractivity contribution < 1.29 is 13.2 Å². The van der Waals surface area contributed by atoms with Crippen LogP contribution >= 0.6 is 0 Å². The molecule has 6 heteroatoms. The molecule has 0 radical (unpaired) electrons. The van der Waals surface area contributed by atoms with Gasteiger partial charge in [0.15, 0.2) is 0 Å². The van der Waals surface area contributed by atoms with Crippen molar-refractivity contribution in [2.75, 3.05) is 0 Å². The van der Waals surface area contributed by atoms with Crippen LogP contribution in [0.3, 0.4) is 0 Å². The first kappa shape index (κ1) is 17.6. The Morgan fingerprint density at radius 3 is 2.16 bits per heavy atom. The zero-order valence-electron chi connectivity index (χ0n) is 13.9. The molecule has 0 unspecified atom stereocenters. The van der Waals surface area contributed by atoms with E-state index < -0.39 is 15.9 Å². The highest BCUT2D eigenvalue weighted by atomic mass is 32.2. The van der Waals surface area contributed by atoms with E-state index in [1.165, 1.54) is 24.8 Å². The van der Waals surface area contributed by atoms with Crippen LogP contribution in [0.15, 0.2) is 59.5 Å². The summed E-state index contributed by atoms with van der Waals surface area (Å²) in [5.41, 5.74) is 3.81. The molecule has 0 atom stereocenters. The summed E-state index contributed by atoms with van der Waals surface area (Å²) in [6.45, 7) is 0. The molecule has 0 heterocycles. The van der Waals surface area contributed by atoms with Crippen LogP contribution in [0.4, 0.5) is 0 Å². The fourth-order valence-corrected chi connectivity index (χ4v) is 4.03. The van der Waals surface area contributed by atoms with Crippen molar-refractivity contribution in [2.45, 2.75) is 42.9 Å². The number of sulfonamides is 1. The Balaban J connectivity index is 1.64. The Labute approximate surface area is 148 Å². The molecule has 0 spiro atoms. The molecule has 0 aliphatic heterocycles. The molecule has 1 amide bonds. The molecule has 0 aromatic heterocycles. The predicted molar refractivity (Wildman–Crippen MR) is 96.5 cm³/mol. The maximum atomic E-state index is 12.3. The second-order valence-corrected chi connectivity index (χ2v) is 8.01. The van der Waals surface area contributed by atoms with Crippen LogP contribution in [-0.4, -0.2) is 14.3 Å². The van der Waals surface area contributed by atoms with E-state index in [0.29, 0.717) is 11.5 Å². The van der Waals surface area contributed by atoms with Gasteiger partial charge in [0.2, 0.25) is 0 Å². The highest BCUT2D eigenvalue weighted by Gasteiger charge is 2.18. The maximum absolute atomic E-state index is 12.3. The fraction of sp³-hybridized carbons (Fsp3) is 0.316. The van der Waals surface area contributed by atoms with Crippen molar-refractivity contribution in [3.8, 4) is 0 Å². The predicted octanol–water partition coefficient (Wildman–Crippen LogP) is 3.36. The number of hydrazine groups is 1. The van der Waals surface area contributed by atoms with Gasteiger partial charge >= 0.3 is 0 Å². The molecule has 1 saturated carbocycles. The van der Waals surface area contributed by atoms with Crippen LogP contribution < -0.4 is 10.3 Å². The molecule has 1 aliphatic rings. The molecule has 3 rings (SSSR count). The van der Waals surface area contributed by atoms with Crippen molar-refractivity contribution >= 4 is 15.9 Å². The third-order valence-electron chi connectivity index (χ3n) is 4.60. The quantitative estimate of drug-likeness (QED) is 0.805. The van der Waals surface area contributed by atoms with Gasteiger partial charge in [0, 0.05) is 5.56 Å². The Morgan fingerprint density at radius 1 is 0.880 bits per heavy atom. The van der Waals surface area contributed by atoms with Gasteiger partial charge in [-0.05, 0) is 48.6 Å². The van der Waals surface area contributed by atoms with Gasteiger partial charge in [-0.25, -0.2) is 8.42 Å². The summed E-state index contributed by atoms with van der Waals surface area (Å²) >= 11 is 0. The molecule has 2 aromatic rings. The summed E-state index contributed by atoms with van der Waals surface area (Å²) < 4.78 is 24.7. The van der Waals surface area contributed by atoms with E-state index in [2.05, 4.69) is 10.3 Å². The third kappa shape index (κ3) is 4.46. The van der Waals surface area contributed by atoms with Crippen LogP contribution in [-0.2, 0) is 10.0 Å². The van der Waals surface area contributed by atoms with E-state index in [4.69, 9.17) is 0 Å². The molecular weight excluding hydrogens is 336 g/mol. The normalized spacial score (nSPS) is 15.7. The summed E-state index contributed by atoms with van der Waals surface area (Å²) in [5, 5.41) is 0. The summed E-state index contributed by atoms with van der Waals surface area (Å²) in [5.74, 6) is 0.0271. The number of carbonyl (C=O) groups excluding carboxylic acids is 1. The topological polar surface area (TPSA) is 75.3 Å². The third-order valence-corrected chi connectivity index (χ3v) is 5.87. The largest absolute Gasteiger partial charge is 0.273 e. The average Bonchev–Trinajstić information content (AvgIpc) is 2.68. The molecule has 25 heavy (non-hydrogen) atoms. The lowest BCUT2D eigenvalue weighted by molar-refractivity contribution is 0.0945. The number of benzene rings is 2. The Kier molecular flexibility index (Phi) is 5.50. The number of carbonyl (C=O) groups is 1. The van der Waals surface area contributed by atoms with E-state index in [1.807, 2.05) is 12.1 Å². The van der Waals surface area contributed by atoms with E-state index in [-0.39, 0.29) is 4.90 Å². The van der Waals surface area contributed by atoms with Crippen molar-refractivity contribution in [1.29, 1.82) is 0 Å². The van der Waals surface area contributed by atoms with Gasteiger partial charge in [-0.15, -0.1) is 4.83 Å². The molecule has 0 saturated heterocycles. The summed E-state index contributed by atoms with van der Waals surface area (Å²) in [6, 6.07) is 15.4. The standard InChI is InChI=1S/C19H22N2O3S/c22-19(17-9-5-2-6-10-17)20-21-25(23,24)18-13-11-16(12-14-18)15-7-3-1-4-8-15/h2,5-6,9-15,21H,1,3-4,7-8H2,(H,20,22). The molecule has 0 bridgehead atoms. The van der Waals surface area contributed by atoms with Gasteiger partial charge in [-0.2, -0.15) is 0 Å². The number of amides is 1. The van der Waals surface area contributed by atoms with Gasteiger partial charge in [-0.1, -0.05) is 49.6 Å². The molecular formula is C19H22N2O3S. The summed E-state index contributed by atoms with van der Waals surface area (Å²) in [7, 11) is -3.79. The molecule has 2 aromatic carbocycles. The van der Waals surface area contributed by atoms with Gasteiger partial charge in [0.25, 0.3) is 15.9 Å². The lowest BCUT2D eigenvalue weighted by Crippen LogP contribution is -2.41. The monoisotopic (exact) mass is 358 g/mol. The fourth-order valence-electron chi connectivity index (χ4n) is 3.19. The van der Waals surface area contributed by atoms with Gasteiger partial charge < -0.3 is 0 Å². The molecule has 1 aliphatic carbocycles. The van der Waals surface area contributed by atoms with Crippen LogP contribution in [0.2, 0.25) is 0 Å². The smallest absolute Gasteiger partial charge is 0.266 e. The second-order valence-electron chi connectivity index (χ2n) is 6.33. The number of rotatable bonds is 5. The number of hydrogen-bond donors (Lipinski definition) is 2. The van der Waals surface area contributed by atoms with Crippen molar-refractivity contribution in [2.24, 2.45) is 0 Å². The zero-order chi connectivity index (χ0) is 17.7. The van der Waals surface area contributed by atoms with Crippen molar-refractivity contribution in [3.05, 3.63) is 65.7 Å². The molecule has 5 nitrogen and oxygen atoms in total. The summed E-state index contributed by atoms with van der Waals surface area (Å²) in [6.07, 6.45) is 6.08. The van der Waals surface area contributed by atoms with Crippen LogP contribution in [0.25, 0.3) is 0 Å². The number of hydrogen-bond acceptors (Lipinski definition) is 3. The first-order chi connectivity index (χ1) is 12.1. The highest BCUT2D eigenvalue weighted by Crippen LogP contribution is 2.32. The minimum atomic E-state index is -3.79. The van der Waals surface area contributed by atoms with Gasteiger partial charge in [-0.3, -0.25) is 10.2 Å². The Morgan fingerprint density at radius 2 is 1.52 bits per heavy atom. The maximum Gasteiger partial charge on any atom is 0.266 e. The Hall–Kier alpha value is -2.18. The van der Waals surface area contributed by atoms with E-state index in [9.17, 15) is 13.2 Å². The van der Waals surface area contributed by atoms with E-state index >= 15 is 0 Å². The van der Waals surface area contributed by atoms with Crippen molar-refractivity contribution in [1.82, 2.24) is 10.3 Å². The minimum Gasteiger partial charge on any atom is -0.273 e.